The first-order valence-corrected chi connectivity index (χ1v) is 7.18. The van der Waals surface area contributed by atoms with Gasteiger partial charge in [-0.15, -0.1) is 0 Å². The molecule has 0 saturated heterocycles. The van der Waals surface area contributed by atoms with Crippen molar-refractivity contribution >= 4 is 0 Å². The zero-order valence-corrected chi connectivity index (χ0v) is 11.8. The fourth-order valence-corrected chi connectivity index (χ4v) is 2.88. The largest absolute Gasteiger partial charge is 0.384 e. The lowest BCUT2D eigenvalue weighted by atomic mass is 10.1. The summed E-state index contributed by atoms with van der Waals surface area (Å²) in [7, 11) is 0. The molecule has 2 aromatic rings. The van der Waals surface area contributed by atoms with Crippen LogP contribution in [0.4, 0.5) is 0 Å². The Labute approximate surface area is 123 Å². The van der Waals surface area contributed by atoms with E-state index in [1.807, 2.05) is 34.9 Å². The molecule has 0 amide bonds. The topological polar surface area (TPSA) is 42.2 Å². The number of aromatic nitrogens is 1. The number of aliphatic hydroxyl groups is 1. The Morgan fingerprint density at radius 1 is 1.19 bits per heavy atom. The molecule has 21 heavy (non-hydrogen) atoms. The van der Waals surface area contributed by atoms with Gasteiger partial charge in [0, 0.05) is 17.3 Å². The lowest BCUT2D eigenvalue weighted by Crippen LogP contribution is -2.23. The molecule has 3 nitrogen and oxygen atoms in total. The molecular formula is C18H17NO2. The third kappa shape index (κ3) is 2.91. The molecule has 3 heteroatoms. The normalized spacial score (nSPS) is 12.6. The minimum atomic E-state index is -0.143. The van der Waals surface area contributed by atoms with E-state index >= 15 is 0 Å². The molecule has 1 aromatic carbocycles. The van der Waals surface area contributed by atoms with Gasteiger partial charge in [0.15, 0.2) is 0 Å². The summed E-state index contributed by atoms with van der Waals surface area (Å²) in [5, 5.41) is 8.76. The third-order valence-corrected chi connectivity index (χ3v) is 3.83. The van der Waals surface area contributed by atoms with E-state index in [1.54, 1.807) is 6.07 Å². The monoisotopic (exact) mass is 279 g/mol. The minimum Gasteiger partial charge on any atom is -0.384 e. The minimum absolute atomic E-state index is 0.0579. The molecular weight excluding hydrogens is 262 g/mol. The molecule has 1 aromatic heterocycles. The maximum absolute atomic E-state index is 12.1. The van der Waals surface area contributed by atoms with Gasteiger partial charge in [-0.05, 0) is 42.5 Å². The van der Waals surface area contributed by atoms with Crippen molar-refractivity contribution < 1.29 is 5.11 Å². The molecule has 1 N–H and O–H groups in total. The van der Waals surface area contributed by atoms with Crippen LogP contribution in [0.1, 0.15) is 28.8 Å². The first kappa shape index (κ1) is 13.7. The molecule has 0 radical (unpaired) electrons. The Morgan fingerprint density at radius 2 is 2.10 bits per heavy atom. The van der Waals surface area contributed by atoms with E-state index in [0.717, 1.165) is 30.4 Å². The maximum Gasteiger partial charge on any atom is 0.251 e. The maximum atomic E-state index is 12.1. The Kier molecular flexibility index (Phi) is 3.89. The van der Waals surface area contributed by atoms with Crippen LogP contribution >= 0.6 is 0 Å². The van der Waals surface area contributed by atoms with E-state index in [0.29, 0.717) is 6.54 Å². The summed E-state index contributed by atoms with van der Waals surface area (Å²) in [6.45, 7) is 0.437. The highest BCUT2D eigenvalue weighted by molar-refractivity contribution is 5.37. The van der Waals surface area contributed by atoms with Crippen molar-refractivity contribution in [3.63, 3.8) is 0 Å². The zero-order valence-electron chi connectivity index (χ0n) is 11.8. The van der Waals surface area contributed by atoms with Gasteiger partial charge in [0.05, 0.1) is 6.54 Å². The smallest absolute Gasteiger partial charge is 0.251 e. The Bertz CT molecular complexity index is 778. The summed E-state index contributed by atoms with van der Waals surface area (Å²) >= 11 is 0. The standard InChI is InChI=1S/C18H17NO2/c20-11-3-6-14-4-1-5-15(12-14)13-19-17-8-2-7-16(17)9-10-18(19)21/h1,4-5,9-10,12,20H,2,7-8,11,13H2. The summed E-state index contributed by atoms with van der Waals surface area (Å²) in [6.07, 6.45) is 3.17. The summed E-state index contributed by atoms with van der Waals surface area (Å²) in [5.41, 5.74) is 4.45. The highest BCUT2D eigenvalue weighted by atomic mass is 16.2. The van der Waals surface area contributed by atoms with Crippen molar-refractivity contribution in [1.29, 1.82) is 0 Å². The number of hydrogen-bond acceptors (Lipinski definition) is 2. The van der Waals surface area contributed by atoms with Gasteiger partial charge in [0.1, 0.15) is 6.61 Å². The van der Waals surface area contributed by atoms with Gasteiger partial charge >= 0.3 is 0 Å². The van der Waals surface area contributed by atoms with E-state index in [-0.39, 0.29) is 12.2 Å². The number of aryl methyl sites for hydroxylation is 1. The number of fused-ring (bicyclic) bond motifs is 1. The van der Waals surface area contributed by atoms with Crippen LogP contribution in [0.15, 0.2) is 41.2 Å². The summed E-state index contributed by atoms with van der Waals surface area (Å²) in [4.78, 5) is 12.1. The second kappa shape index (κ2) is 5.99. The predicted octanol–water partition coefficient (Wildman–Crippen LogP) is 1.73. The highest BCUT2D eigenvalue weighted by Gasteiger charge is 2.15. The van der Waals surface area contributed by atoms with Crippen LogP contribution in [0.3, 0.4) is 0 Å². The summed E-state index contributed by atoms with van der Waals surface area (Å²) in [5.74, 6) is 5.55. The van der Waals surface area contributed by atoms with Crippen LogP contribution in [0.25, 0.3) is 0 Å². The molecule has 0 bridgehead atoms. The number of aliphatic hydroxyl groups excluding tert-OH is 1. The first-order valence-electron chi connectivity index (χ1n) is 7.18. The predicted molar refractivity (Wildman–Crippen MR) is 82.2 cm³/mol. The number of pyridine rings is 1. The van der Waals surface area contributed by atoms with Gasteiger partial charge in [0.25, 0.3) is 5.56 Å². The van der Waals surface area contributed by atoms with Gasteiger partial charge in [0.2, 0.25) is 0 Å². The first-order chi connectivity index (χ1) is 10.3. The fraction of sp³-hybridized carbons (Fsp3) is 0.278. The van der Waals surface area contributed by atoms with Crippen molar-refractivity contribution in [2.45, 2.75) is 25.8 Å². The Balaban J connectivity index is 1.94. The van der Waals surface area contributed by atoms with Crippen molar-refractivity contribution in [2.24, 2.45) is 0 Å². The van der Waals surface area contributed by atoms with Gasteiger partial charge in [-0.2, -0.15) is 0 Å². The van der Waals surface area contributed by atoms with Crippen molar-refractivity contribution in [3.05, 3.63) is 69.1 Å². The fourth-order valence-electron chi connectivity index (χ4n) is 2.88. The Morgan fingerprint density at radius 3 is 2.95 bits per heavy atom. The average Bonchev–Trinajstić information content (AvgIpc) is 2.97. The molecule has 3 rings (SSSR count). The molecule has 1 heterocycles. The molecule has 0 fully saturated rings. The number of hydrogen-bond donors (Lipinski definition) is 1. The molecule has 1 aliphatic carbocycles. The van der Waals surface area contributed by atoms with E-state index in [1.165, 1.54) is 11.3 Å². The molecule has 0 aliphatic heterocycles. The van der Waals surface area contributed by atoms with Crippen molar-refractivity contribution in [2.75, 3.05) is 6.61 Å². The average molecular weight is 279 g/mol. The van der Waals surface area contributed by atoms with Crippen LogP contribution < -0.4 is 5.56 Å². The van der Waals surface area contributed by atoms with Crippen LogP contribution in [0.2, 0.25) is 0 Å². The molecule has 1 aliphatic rings. The number of rotatable bonds is 2. The molecule has 0 saturated carbocycles. The summed E-state index contributed by atoms with van der Waals surface area (Å²) < 4.78 is 1.88. The van der Waals surface area contributed by atoms with E-state index in [9.17, 15) is 4.79 Å². The summed E-state index contributed by atoms with van der Waals surface area (Å²) in [6, 6.07) is 11.5. The van der Waals surface area contributed by atoms with E-state index < -0.39 is 0 Å². The molecule has 0 unspecified atom stereocenters. The SMILES string of the molecule is O=c1ccc2c(n1Cc1cccc(C#CCO)c1)CCC2. The van der Waals surface area contributed by atoms with Crippen molar-refractivity contribution in [1.82, 2.24) is 4.57 Å². The molecule has 106 valence electrons. The quantitative estimate of drug-likeness (QED) is 0.851. The second-order valence-corrected chi connectivity index (χ2v) is 5.24. The van der Waals surface area contributed by atoms with Gasteiger partial charge in [-0.3, -0.25) is 4.79 Å². The molecule has 0 atom stereocenters. The van der Waals surface area contributed by atoms with Crippen LogP contribution in [-0.2, 0) is 19.4 Å². The lowest BCUT2D eigenvalue weighted by Gasteiger charge is -2.12. The van der Waals surface area contributed by atoms with E-state index in [2.05, 4.69) is 11.8 Å². The Hall–Kier alpha value is -2.31. The highest BCUT2D eigenvalue weighted by Crippen LogP contribution is 2.20. The van der Waals surface area contributed by atoms with Gasteiger partial charge in [-0.1, -0.05) is 30.0 Å². The second-order valence-electron chi connectivity index (χ2n) is 5.24. The third-order valence-electron chi connectivity index (χ3n) is 3.83. The number of nitrogens with zero attached hydrogens (tertiary/aromatic N) is 1. The molecule has 0 spiro atoms. The van der Waals surface area contributed by atoms with Crippen LogP contribution in [0, 0.1) is 11.8 Å². The van der Waals surface area contributed by atoms with Gasteiger partial charge < -0.3 is 9.67 Å². The zero-order chi connectivity index (χ0) is 14.7. The number of benzene rings is 1. The van der Waals surface area contributed by atoms with Gasteiger partial charge in [-0.25, -0.2) is 0 Å². The van der Waals surface area contributed by atoms with E-state index in [4.69, 9.17) is 5.11 Å². The van der Waals surface area contributed by atoms with Crippen LogP contribution in [-0.4, -0.2) is 16.3 Å². The van der Waals surface area contributed by atoms with Crippen molar-refractivity contribution in [3.8, 4) is 11.8 Å². The lowest BCUT2D eigenvalue weighted by molar-refractivity contribution is 0.350. The van der Waals surface area contributed by atoms with Crippen LogP contribution in [0.5, 0.6) is 0 Å².